The van der Waals surface area contributed by atoms with Gasteiger partial charge in [-0.1, -0.05) is 18.2 Å². The van der Waals surface area contributed by atoms with Crippen molar-refractivity contribution in [3.63, 3.8) is 0 Å². The van der Waals surface area contributed by atoms with Crippen LogP contribution in [-0.2, 0) is 6.54 Å². The minimum atomic E-state index is -0.124. The van der Waals surface area contributed by atoms with Crippen LogP contribution in [-0.4, -0.2) is 45.6 Å². The summed E-state index contributed by atoms with van der Waals surface area (Å²) >= 11 is 0. The first kappa shape index (κ1) is 18.9. The Hall–Kier alpha value is -2.47. The smallest absolute Gasteiger partial charge is 0.322 e. The van der Waals surface area contributed by atoms with Crippen LogP contribution < -0.4 is 5.32 Å². The van der Waals surface area contributed by atoms with Crippen LogP contribution in [0.5, 0.6) is 0 Å². The van der Waals surface area contributed by atoms with E-state index in [9.17, 15) is 9.59 Å². The Labute approximate surface area is 165 Å². The number of Topliss-reactive ketones (excluding diaryl/α,β-unsaturated/α-hetero) is 1. The molecular formula is C22H28N4O2. The van der Waals surface area contributed by atoms with Gasteiger partial charge in [-0.15, -0.1) is 0 Å². The molecule has 0 bridgehead atoms. The van der Waals surface area contributed by atoms with Gasteiger partial charge in [0.2, 0.25) is 0 Å². The zero-order valence-electron chi connectivity index (χ0n) is 16.8. The van der Waals surface area contributed by atoms with Crippen molar-refractivity contribution >= 4 is 11.8 Å². The zero-order chi connectivity index (χ0) is 19.8. The van der Waals surface area contributed by atoms with Crippen LogP contribution in [0, 0.1) is 25.7 Å². The average molecular weight is 380 g/mol. The summed E-state index contributed by atoms with van der Waals surface area (Å²) in [5.74, 6) is 0.968. The van der Waals surface area contributed by atoms with Crippen molar-refractivity contribution in [3.8, 4) is 0 Å². The molecule has 0 radical (unpaired) electrons. The number of benzene rings is 1. The number of nitrogens with one attached hydrogen (secondary N) is 1. The molecule has 6 nitrogen and oxygen atoms in total. The van der Waals surface area contributed by atoms with Gasteiger partial charge in [-0.25, -0.2) is 4.79 Å². The molecule has 2 aliphatic rings. The molecule has 1 unspecified atom stereocenters. The lowest BCUT2D eigenvalue weighted by Gasteiger charge is -2.19. The number of amides is 1. The number of likely N-dealkylation sites (tertiary alicyclic amines) is 1. The van der Waals surface area contributed by atoms with Gasteiger partial charge in [-0.05, 0) is 61.3 Å². The molecule has 1 aromatic carbocycles. The van der Waals surface area contributed by atoms with E-state index >= 15 is 0 Å². The number of ketones is 1. The summed E-state index contributed by atoms with van der Waals surface area (Å²) in [6, 6.07) is 8.64. The van der Waals surface area contributed by atoms with E-state index in [4.69, 9.17) is 0 Å². The Morgan fingerprint density at radius 2 is 1.82 bits per heavy atom. The first-order valence-corrected chi connectivity index (χ1v) is 10.1. The number of hydrogen-bond donors (Lipinski definition) is 1. The SMILES string of the molecule is CC(=O)c1ccn(C(=O)N2C[C@H]3CC(NCc4ccc(C)c(C)c4)C[C@H]3C2)n1. The van der Waals surface area contributed by atoms with E-state index < -0.39 is 0 Å². The van der Waals surface area contributed by atoms with Crippen LogP contribution in [0.4, 0.5) is 4.79 Å². The van der Waals surface area contributed by atoms with Crippen LogP contribution in [0.15, 0.2) is 30.5 Å². The molecule has 1 aromatic heterocycles. The van der Waals surface area contributed by atoms with Crippen LogP contribution in [0.25, 0.3) is 0 Å². The van der Waals surface area contributed by atoms with E-state index in [-0.39, 0.29) is 11.8 Å². The normalized spacial score (nSPS) is 23.8. The summed E-state index contributed by atoms with van der Waals surface area (Å²) < 4.78 is 1.30. The van der Waals surface area contributed by atoms with Crippen molar-refractivity contribution in [2.24, 2.45) is 11.8 Å². The van der Waals surface area contributed by atoms with E-state index in [1.807, 2.05) is 4.90 Å². The number of carbonyl (C=O) groups is 2. The Morgan fingerprint density at radius 1 is 1.11 bits per heavy atom. The maximum Gasteiger partial charge on any atom is 0.344 e. The van der Waals surface area contributed by atoms with Gasteiger partial charge < -0.3 is 10.2 Å². The van der Waals surface area contributed by atoms with Crippen LogP contribution in [0.1, 0.15) is 46.9 Å². The van der Waals surface area contributed by atoms with Crippen molar-refractivity contribution in [1.82, 2.24) is 20.0 Å². The van der Waals surface area contributed by atoms with Gasteiger partial charge in [0.25, 0.3) is 0 Å². The second kappa shape index (κ2) is 7.51. The standard InChI is InChI=1S/C22H28N4O2/c1-14-4-5-17(8-15(14)2)11-23-20-9-18-12-25(13-19(18)10-20)22(28)26-7-6-21(24-26)16(3)27/h4-8,18-20,23H,9-13H2,1-3H3/t18-,19+,20?. The quantitative estimate of drug-likeness (QED) is 0.828. The highest BCUT2D eigenvalue weighted by atomic mass is 16.2. The van der Waals surface area contributed by atoms with Gasteiger partial charge in [0.1, 0.15) is 5.69 Å². The third-order valence-corrected chi connectivity index (χ3v) is 6.33. The van der Waals surface area contributed by atoms with Crippen LogP contribution in [0.3, 0.4) is 0 Å². The van der Waals surface area contributed by atoms with Gasteiger partial charge in [-0.3, -0.25) is 4.79 Å². The third-order valence-electron chi connectivity index (χ3n) is 6.33. The number of aromatic nitrogens is 2. The predicted molar refractivity (Wildman–Crippen MR) is 107 cm³/mol. The van der Waals surface area contributed by atoms with E-state index in [2.05, 4.69) is 42.5 Å². The summed E-state index contributed by atoms with van der Waals surface area (Å²) in [6.07, 6.45) is 3.80. The molecule has 2 aromatic rings. The first-order valence-electron chi connectivity index (χ1n) is 10.1. The molecule has 2 heterocycles. The summed E-state index contributed by atoms with van der Waals surface area (Å²) in [4.78, 5) is 25.9. The van der Waals surface area contributed by atoms with Crippen molar-refractivity contribution in [1.29, 1.82) is 0 Å². The lowest BCUT2D eigenvalue weighted by atomic mass is 10.0. The van der Waals surface area contributed by atoms with Gasteiger partial charge in [0, 0.05) is 38.8 Å². The molecule has 28 heavy (non-hydrogen) atoms. The van der Waals surface area contributed by atoms with Crippen molar-refractivity contribution in [2.45, 2.75) is 46.2 Å². The summed E-state index contributed by atoms with van der Waals surface area (Å²) in [7, 11) is 0. The fraction of sp³-hybridized carbons (Fsp3) is 0.500. The fourth-order valence-corrected chi connectivity index (χ4v) is 4.56. The number of carbonyl (C=O) groups excluding carboxylic acids is 2. The molecule has 4 rings (SSSR count). The predicted octanol–water partition coefficient (Wildman–Crippen LogP) is 3.17. The number of rotatable bonds is 4. The van der Waals surface area contributed by atoms with Gasteiger partial charge in [0.05, 0.1) is 0 Å². The lowest BCUT2D eigenvalue weighted by molar-refractivity contribution is 0.101. The Balaban J connectivity index is 1.29. The Morgan fingerprint density at radius 3 is 2.43 bits per heavy atom. The topological polar surface area (TPSA) is 67.2 Å². The van der Waals surface area contributed by atoms with E-state index in [1.165, 1.54) is 28.3 Å². The van der Waals surface area contributed by atoms with E-state index in [0.29, 0.717) is 23.6 Å². The second-order valence-corrected chi connectivity index (χ2v) is 8.38. The minimum Gasteiger partial charge on any atom is -0.322 e. The van der Waals surface area contributed by atoms with Crippen molar-refractivity contribution in [2.75, 3.05) is 13.1 Å². The molecule has 1 aliphatic carbocycles. The van der Waals surface area contributed by atoms with Gasteiger partial charge >= 0.3 is 6.03 Å². The lowest BCUT2D eigenvalue weighted by Crippen LogP contribution is -2.35. The number of hydrogen-bond acceptors (Lipinski definition) is 4. The number of nitrogens with zero attached hydrogens (tertiary/aromatic N) is 3. The molecule has 3 atom stereocenters. The van der Waals surface area contributed by atoms with Crippen molar-refractivity contribution in [3.05, 3.63) is 52.8 Å². The molecule has 1 N–H and O–H groups in total. The Bertz CT molecular complexity index is 890. The Kier molecular flexibility index (Phi) is 5.06. The largest absolute Gasteiger partial charge is 0.344 e. The maximum absolute atomic E-state index is 12.7. The van der Waals surface area contributed by atoms with Crippen LogP contribution >= 0.6 is 0 Å². The molecule has 6 heteroatoms. The molecule has 1 saturated carbocycles. The maximum atomic E-state index is 12.7. The molecular weight excluding hydrogens is 352 g/mol. The van der Waals surface area contributed by atoms with Crippen LogP contribution in [0.2, 0.25) is 0 Å². The summed E-state index contributed by atoms with van der Waals surface area (Å²) in [5, 5.41) is 7.81. The summed E-state index contributed by atoms with van der Waals surface area (Å²) in [5.41, 5.74) is 4.33. The van der Waals surface area contributed by atoms with Crippen molar-refractivity contribution < 1.29 is 9.59 Å². The highest BCUT2D eigenvalue weighted by molar-refractivity contribution is 5.92. The van der Waals surface area contributed by atoms with E-state index in [1.54, 1.807) is 12.3 Å². The zero-order valence-corrected chi connectivity index (χ0v) is 16.8. The number of aryl methyl sites for hydroxylation is 2. The second-order valence-electron chi connectivity index (χ2n) is 8.38. The molecule has 1 amide bonds. The molecule has 0 spiro atoms. The highest BCUT2D eigenvalue weighted by Gasteiger charge is 2.42. The molecule has 1 aliphatic heterocycles. The average Bonchev–Trinajstić information content (AvgIpc) is 3.36. The summed E-state index contributed by atoms with van der Waals surface area (Å²) in [6.45, 7) is 8.21. The molecule has 2 fully saturated rings. The fourth-order valence-electron chi connectivity index (χ4n) is 4.56. The van der Waals surface area contributed by atoms with Gasteiger partial charge in [-0.2, -0.15) is 9.78 Å². The number of fused-ring (bicyclic) bond motifs is 1. The first-order chi connectivity index (χ1) is 13.4. The highest BCUT2D eigenvalue weighted by Crippen LogP contribution is 2.38. The monoisotopic (exact) mass is 380 g/mol. The molecule has 148 valence electrons. The minimum absolute atomic E-state index is 0.123. The van der Waals surface area contributed by atoms with E-state index in [0.717, 1.165) is 32.5 Å². The van der Waals surface area contributed by atoms with Gasteiger partial charge in [0.15, 0.2) is 5.78 Å². The third kappa shape index (κ3) is 3.74. The molecule has 1 saturated heterocycles.